The largest absolute Gasteiger partial charge is 0.750 e. The van der Waals surface area contributed by atoms with Crippen LogP contribution >= 0.6 is 0 Å². The summed E-state index contributed by atoms with van der Waals surface area (Å²) in [7, 11) is 0. The van der Waals surface area contributed by atoms with Crippen molar-refractivity contribution < 1.29 is 37.4 Å². The van der Waals surface area contributed by atoms with Crippen LogP contribution in [-0.4, -0.2) is 63.6 Å². The molecule has 9 heteroatoms. The SMILES string of the molecule is CCCCCCCCC(O)C(CCCCCCCC(=O)O)OCCOCCOS(=O)[O-]. The van der Waals surface area contributed by atoms with E-state index < -0.39 is 23.4 Å². The van der Waals surface area contributed by atoms with Crippen molar-refractivity contribution in [2.45, 2.75) is 109 Å². The number of carboxylic acid groups (broad SMARTS) is 1. The van der Waals surface area contributed by atoms with Crippen LogP contribution in [0.25, 0.3) is 0 Å². The number of unbranched alkanes of at least 4 members (excludes halogenated alkanes) is 9. The third kappa shape index (κ3) is 22.4. The Labute approximate surface area is 190 Å². The lowest BCUT2D eigenvalue weighted by molar-refractivity contribution is -0.137. The molecule has 0 radical (unpaired) electrons. The molecule has 8 nitrogen and oxygen atoms in total. The second kappa shape index (κ2) is 22.6. The van der Waals surface area contributed by atoms with Crippen LogP contribution in [0.1, 0.15) is 96.8 Å². The van der Waals surface area contributed by atoms with Crippen molar-refractivity contribution in [1.82, 2.24) is 0 Å². The fraction of sp³-hybridized carbons (Fsp3) is 0.955. The standard InChI is InChI=1S/C22H44O8S/c1-2-3-4-5-7-10-13-20(23)21(14-11-8-6-9-12-15-22(24)25)29-18-16-28-17-19-30-31(26)27/h20-21,23H,2-19H2,1H3,(H,24,25)(H,26,27)/p-1. The Balaban J connectivity index is 4.09. The molecule has 0 saturated carbocycles. The first-order valence-electron chi connectivity index (χ1n) is 11.8. The Bertz CT molecular complexity index is 408. The molecule has 0 aromatic heterocycles. The van der Waals surface area contributed by atoms with Crippen LogP contribution in [0.5, 0.6) is 0 Å². The molecule has 0 heterocycles. The molecule has 3 atom stereocenters. The monoisotopic (exact) mass is 467 g/mol. The van der Waals surface area contributed by atoms with E-state index >= 15 is 0 Å². The predicted octanol–water partition coefficient (Wildman–Crippen LogP) is 4.13. The van der Waals surface area contributed by atoms with Gasteiger partial charge in [0.15, 0.2) is 0 Å². The molecule has 186 valence electrons. The van der Waals surface area contributed by atoms with E-state index in [0.29, 0.717) is 19.6 Å². The van der Waals surface area contributed by atoms with Crippen LogP contribution < -0.4 is 0 Å². The van der Waals surface area contributed by atoms with E-state index in [1.165, 1.54) is 25.7 Å². The fourth-order valence-electron chi connectivity index (χ4n) is 3.38. The smallest absolute Gasteiger partial charge is 0.303 e. The third-order valence-corrected chi connectivity index (χ3v) is 5.49. The quantitative estimate of drug-likeness (QED) is 0.160. The number of hydrogen-bond donors (Lipinski definition) is 2. The minimum absolute atomic E-state index is 0.0257. The maximum absolute atomic E-state index is 10.6. The van der Waals surface area contributed by atoms with E-state index in [9.17, 15) is 18.7 Å². The number of aliphatic hydroxyl groups is 1. The molecule has 0 aliphatic heterocycles. The summed E-state index contributed by atoms with van der Waals surface area (Å²) in [5.41, 5.74) is 0. The van der Waals surface area contributed by atoms with Gasteiger partial charge in [-0.05, 0) is 19.3 Å². The summed E-state index contributed by atoms with van der Waals surface area (Å²) in [5, 5.41) is 19.3. The Kier molecular flexibility index (Phi) is 22.2. The van der Waals surface area contributed by atoms with Crippen molar-refractivity contribution in [2.24, 2.45) is 0 Å². The molecule has 3 unspecified atom stereocenters. The summed E-state index contributed by atoms with van der Waals surface area (Å²) in [6, 6.07) is 0. The summed E-state index contributed by atoms with van der Waals surface area (Å²) in [6.07, 6.45) is 12.5. The Hall–Kier alpha value is -0.580. The summed E-state index contributed by atoms with van der Waals surface area (Å²) in [4.78, 5) is 10.5. The molecule has 0 aromatic rings. The number of aliphatic hydroxyl groups excluding tert-OH is 1. The van der Waals surface area contributed by atoms with Crippen molar-refractivity contribution >= 4 is 17.3 Å². The summed E-state index contributed by atoms with van der Waals surface area (Å²) >= 11 is -2.53. The van der Waals surface area contributed by atoms with Crippen LogP contribution in [0.15, 0.2) is 0 Å². The topological polar surface area (TPSA) is 125 Å². The van der Waals surface area contributed by atoms with E-state index in [4.69, 9.17) is 14.6 Å². The van der Waals surface area contributed by atoms with Crippen molar-refractivity contribution in [1.29, 1.82) is 0 Å². The number of rotatable bonds is 24. The third-order valence-electron chi connectivity index (χ3n) is 5.13. The Morgan fingerprint density at radius 1 is 0.871 bits per heavy atom. The van der Waals surface area contributed by atoms with Gasteiger partial charge in [-0.2, -0.15) is 0 Å². The first-order valence-corrected chi connectivity index (χ1v) is 12.8. The zero-order chi connectivity index (χ0) is 23.2. The van der Waals surface area contributed by atoms with Crippen LogP contribution in [0.2, 0.25) is 0 Å². The van der Waals surface area contributed by atoms with Gasteiger partial charge < -0.3 is 24.2 Å². The lowest BCUT2D eigenvalue weighted by Gasteiger charge is -2.24. The van der Waals surface area contributed by atoms with Gasteiger partial charge in [0.05, 0.1) is 50.0 Å². The number of ether oxygens (including phenoxy) is 2. The van der Waals surface area contributed by atoms with Gasteiger partial charge in [0.1, 0.15) is 0 Å². The molecular weight excluding hydrogens is 424 g/mol. The van der Waals surface area contributed by atoms with E-state index in [1.54, 1.807) is 0 Å². The zero-order valence-corrected chi connectivity index (χ0v) is 20.0. The zero-order valence-electron chi connectivity index (χ0n) is 19.1. The van der Waals surface area contributed by atoms with Crippen molar-refractivity contribution in [3.8, 4) is 0 Å². The molecule has 0 rings (SSSR count). The lowest BCUT2D eigenvalue weighted by atomic mass is 9.99. The van der Waals surface area contributed by atoms with Gasteiger partial charge in [-0.25, -0.2) is 4.21 Å². The highest BCUT2D eigenvalue weighted by Gasteiger charge is 2.19. The molecule has 0 bridgehead atoms. The highest BCUT2D eigenvalue weighted by atomic mass is 32.2. The van der Waals surface area contributed by atoms with Crippen molar-refractivity contribution in [3.05, 3.63) is 0 Å². The van der Waals surface area contributed by atoms with E-state index in [0.717, 1.165) is 51.4 Å². The highest BCUT2D eigenvalue weighted by Crippen LogP contribution is 2.17. The summed E-state index contributed by atoms with van der Waals surface area (Å²) in [6.45, 7) is 2.97. The van der Waals surface area contributed by atoms with Gasteiger partial charge >= 0.3 is 5.97 Å². The Morgan fingerprint density at radius 2 is 1.45 bits per heavy atom. The number of hydrogen-bond acceptors (Lipinski definition) is 7. The minimum Gasteiger partial charge on any atom is -0.750 e. The summed E-state index contributed by atoms with van der Waals surface area (Å²) in [5.74, 6) is -0.749. The van der Waals surface area contributed by atoms with Gasteiger partial charge in [-0.15, -0.1) is 0 Å². The molecule has 0 aromatic carbocycles. The van der Waals surface area contributed by atoms with Crippen molar-refractivity contribution in [2.75, 3.05) is 26.4 Å². The molecule has 0 aliphatic carbocycles. The molecule has 0 aliphatic rings. The first kappa shape index (κ1) is 30.4. The highest BCUT2D eigenvalue weighted by molar-refractivity contribution is 7.74. The first-order chi connectivity index (χ1) is 15.0. The minimum atomic E-state index is -2.53. The van der Waals surface area contributed by atoms with Gasteiger partial charge in [0.25, 0.3) is 0 Å². The number of carbonyl (C=O) groups is 1. The molecule has 0 fully saturated rings. The van der Waals surface area contributed by atoms with Crippen molar-refractivity contribution in [3.63, 3.8) is 0 Å². The van der Waals surface area contributed by atoms with Gasteiger partial charge in [0, 0.05) is 6.42 Å². The number of carboxylic acids is 1. The second-order valence-corrected chi connectivity index (χ2v) is 8.52. The van der Waals surface area contributed by atoms with Crippen LogP contribution in [0, 0.1) is 0 Å². The van der Waals surface area contributed by atoms with Crippen LogP contribution in [0.3, 0.4) is 0 Å². The Morgan fingerprint density at radius 3 is 2.10 bits per heavy atom. The summed E-state index contributed by atoms with van der Waals surface area (Å²) < 4.78 is 36.1. The average Bonchev–Trinajstić information content (AvgIpc) is 2.72. The molecule has 0 amide bonds. The lowest BCUT2D eigenvalue weighted by Crippen LogP contribution is -2.30. The molecular formula is C22H43O8S-. The maximum Gasteiger partial charge on any atom is 0.303 e. The molecule has 0 spiro atoms. The van der Waals surface area contributed by atoms with E-state index in [-0.39, 0.29) is 25.7 Å². The van der Waals surface area contributed by atoms with Crippen LogP contribution in [0.4, 0.5) is 0 Å². The molecule has 31 heavy (non-hydrogen) atoms. The predicted molar refractivity (Wildman–Crippen MR) is 119 cm³/mol. The van der Waals surface area contributed by atoms with Gasteiger partial charge in [-0.3, -0.25) is 8.98 Å². The number of aliphatic carboxylic acids is 1. The van der Waals surface area contributed by atoms with E-state index in [1.807, 2.05) is 0 Å². The molecule has 2 N–H and O–H groups in total. The maximum atomic E-state index is 10.6. The second-order valence-electron chi connectivity index (χ2n) is 7.87. The van der Waals surface area contributed by atoms with Crippen LogP contribution in [-0.2, 0) is 29.8 Å². The fourth-order valence-corrected chi connectivity index (χ4v) is 3.58. The average molecular weight is 468 g/mol. The van der Waals surface area contributed by atoms with E-state index in [2.05, 4.69) is 11.1 Å². The normalized spacial score (nSPS) is 14.4. The molecule has 0 saturated heterocycles. The van der Waals surface area contributed by atoms with Gasteiger partial charge in [0.2, 0.25) is 0 Å². The van der Waals surface area contributed by atoms with Gasteiger partial charge in [-0.1, -0.05) is 71.1 Å².